The number of rotatable bonds is 9. The third kappa shape index (κ3) is 5.17. The Hall–Kier alpha value is -1.13. The highest BCUT2D eigenvalue weighted by Crippen LogP contribution is 2.15. The van der Waals surface area contributed by atoms with Crippen molar-refractivity contribution in [1.29, 1.82) is 0 Å². The van der Waals surface area contributed by atoms with Crippen LogP contribution in [0.15, 0.2) is 18.3 Å². The zero-order valence-electron chi connectivity index (χ0n) is 12.6. The smallest absolute Gasteiger partial charge is 0.129 e. The second kappa shape index (κ2) is 8.88. The highest BCUT2D eigenvalue weighted by Gasteiger charge is 2.13. The first-order valence-electron chi connectivity index (χ1n) is 7.14. The van der Waals surface area contributed by atoms with Gasteiger partial charge in [0.25, 0.3) is 0 Å². The van der Waals surface area contributed by atoms with Gasteiger partial charge in [0.15, 0.2) is 0 Å². The van der Waals surface area contributed by atoms with Crippen LogP contribution in [0.4, 0.5) is 5.82 Å². The number of nitrogens with zero attached hydrogens (tertiary/aromatic N) is 2. The molecule has 0 aliphatic carbocycles. The molecule has 0 aliphatic heterocycles. The standard InChI is InChI=1S/C15H27N3O/c1-5-8-16-11-14-7-9-17-15(10-14)18(6-2)13(3)12-19-4/h7,9-10,13,16H,5-6,8,11-12H2,1-4H3. The summed E-state index contributed by atoms with van der Waals surface area (Å²) in [7, 11) is 1.74. The molecule has 0 fully saturated rings. The summed E-state index contributed by atoms with van der Waals surface area (Å²) in [5.74, 6) is 1.03. The van der Waals surface area contributed by atoms with Gasteiger partial charge in [-0.25, -0.2) is 4.98 Å². The second-order valence-corrected chi connectivity index (χ2v) is 4.79. The van der Waals surface area contributed by atoms with Crippen molar-refractivity contribution in [1.82, 2.24) is 10.3 Å². The van der Waals surface area contributed by atoms with Crippen molar-refractivity contribution in [3.63, 3.8) is 0 Å². The van der Waals surface area contributed by atoms with Crippen molar-refractivity contribution in [2.45, 2.75) is 39.8 Å². The Morgan fingerprint density at radius 1 is 1.42 bits per heavy atom. The molecule has 1 atom stereocenters. The summed E-state index contributed by atoms with van der Waals surface area (Å²) in [4.78, 5) is 6.76. The highest BCUT2D eigenvalue weighted by molar-refractivity contribution is 5.42. The number of nitrogens with one attached hydrogen (secondary N) is 1. The minimum atomic E-state index is 0.335. The lowest BCUT2D eigenvalue weighted by Gasteiger charge is -2.28. The fourth-order valence-electron chi connectivity index (χ4n) is 2.17. The number of aromatic nitrogens is 1. The van der Waals surface area contributed by atoms with Crippen LogP contribution in [0.3, 0.4) is 0 Å². The van der Waals surface area contributed by atoms with Gasteiger partial charge in [-0.15, -0.1) is 0 Å². The van der Waals surface area contributed by atoms with Gasteiger partial charge in [0.05, 0.1) is 12.6 Å². The molecule has 0 spiro atoms. The fourth-order valence-corrected chi connectivity index (χ4v) is 2.17. The molecule has 0 saturated heterocycles. The average molecular weight is 265 g/mol. The van der Waals surface area contributed by atoms with E-state index in [0.717, 1.165) is 31.9 Å². The highest BCUT2D eigenvalue weighted by atomic mass is 16.5. The van der Waals surface area contributed by atoms with Crippen LogP contribution in [0.25, 0.3) is 0 Å². The molecule has 0 amide bonds. The number of hydrogen-bond acceptors (Lipinski definition) is 4. The monoisotopic (exact) mass is 265 g/mol. The van der Waals surface area contributed by atoms with Crippen molar-refractivity contribution in [3.8, 4) is 0 Å². The first kappa shape index (κ1) is 15.9. The molecule has 1 unspecified atom stereocenters. The lowest BCUT2D eigenvalue weighted by molar-refractivity contribution is 0.181. The molecule has 1 N–H and O–H groups in total. The van der Waals surface area contributed by atoms with Crippen LogP contribution < -0.4 is 10.2 Å². The van der Waals surface area contributed by atoms with Crippen LogP contribution in [-0.2, 0) is 11.3 Å². The molecule has 1 heterocycles. The van der Waals surface area contributed by atoms with Gasteiger partial charge in [-0.1, -0.05) is 6.92 Å². The van der Waals surface area contributed by atoms with Crippen molar-refractivity contribution in [2.24, 2.45) is 0 Å². The summed E-state index contributed by atoms with van der Waals surface area (Å²) in [6, 6.07) is 4.57. The van der Waals surface area contributed by atoms with Gasteiger partial charge in [0.1, 0.15) is 5.82 Å². The molecule has 4 heteroatoms. The lowest BCUT2D eigenvalue weighted by atomic mass is 10.2. The molecule has 108 valence electrons. The van der Waals surface area contributed by atoms with E-state index in [4.69, 9.17) is 4.74 Å². The minimum absolute atomic E-state index is 0.335. The third-order valence-electron chi connectivity index (χ3n) is 3.14. The normalized spacial score (nSPS) is 12.4. The summed E-state index contributed by atoms with van der Waals surface area (Å²) in [6.07, 6.45) is 3.05. The predicted molar refractivity (Wildman–Crippen MR) is 80.6 cm³/mol. The molecule has 1 aromatic rings. The number of methoxy groups -OCH3 is 1. The van der Waals surface area contributed by atoms with E-state index in [1.54, 1.807) is 7.11 Å². The van der Waals surface area contributed by atoms with Gasteiger partial charge in [0, 0.05) is 26.4 Å². The first-order valence-corrected chi connectivity index (χ1v) is 7.14. The van der Waals surface area contributed by atoms with Crippen molar-refractivity contribution < 1.29 is 4.74 Å². The maximum atomic E-state index is 5.24. The van der Waals surface area contributed by atoms with Gasteiger partial charge in [-0.05, 0) is 44.5 Å². The van der Waals surface area contributed by atoms with Crippen molar-refractivity contribution >= 4 is 5.82 Å². The molecule has 0 aliphatic rings. The van der Waals surface area contributed by atoms with E-state index in [-0.39, 0.29) is 0 Å². The number of pyridine rings is 1. The van der Waals surface area contributed by atoms with Crippen molar-refractivity contribution in [3.05, 3.63) is 23.9 Å². The van der Waals surface area contributed by atoms with Crippen LogP contribution in [0, 0.1) is 0 Å². The van der Waals surface area contributed by atoms with Gasteiger partial charge >= 0.3 is 0 Å². The van der Waals surface area contributed by atoms with E-state index in [9.17, 15) is 0 Å². The molecule has 19 heavy (non-hydrogen) atoms. The maximum Gasteiger partial charge on any atom is 0.129 e. The van der Waals surface area contributed by atoms with Crippen molar-refractivity contribution in [2.75, 3.05) is 31.7 Å². The zero-order valence-corrected chi connectivity index (χ0v) is 12.6. The lowest BCUT2D eigenvalue weighted by Crippen LogP contribution is -2.36. The number of ether oxygens (including phenoxy) is 1. The second-order valence-electron chi connectivity index (χ2n) is 4.79. The van der Waals surface area contributed by atoms with E-state index in [2.05, 4.69) is 48.1 Å². The summed E-state index contributed by atoms with van der Waals surface area (Å²) < 4.78 is 5.24. The van der Waals surface area contributed by atoms with Crippen LogP contribution in [-0.4, -0.2) is 37.8 Å². The van der Waals surface area contributed by atoms with E-state index in [1.165, 1.54) is 5.56 Å². The molecule has 4 nitrogen and oxygen atoms in total. The summed E-state index contributed by atoms with van der Waals surface area (Å²) in [5.41, 5.74) is 1.28. The Balaban J connectivity index is 2.72. The number of likely N-dealkylation sites (N-methyl/N-ethyl adjacent to an activating group) is 1. The summed E-state index contributed by atoms with van der Waals surface area (Å²) in [5, 5.41) is 3.42. The quantitative estimate of drug-likeness (QED) is 0.696. The van der Waals surface area contributed by atoms with Gasteiger partial charge in [0.2, 0.25) is 0 Å². The van der Waals surface area contributed by atoms with Gasteiger partial charge in [-0.3, -0.25) is 0 Å². The van der Waals surface area contributed by atoms with E-state index < -0.39 is 0 Å². The van der Waals surface area contributed by atoms with Gasteiger partial charge < -0.3 is 15.0 Å². The first-order chi connectivity index (χ1) is 9.22. The topological polar surface area (TPSA) is 37.4 Å². The van der Waals surface area contributed by atoms with Crippen LogP contribution in [0.5, 0.6) is 0 Å². The molecule has 0 saturated carbocycles. The molecular formula is C15H27N3O. The SMILES string of the molecule is CCCNCc1ccnc(N(CC)C(C)COC)c1. The van der Waals surface area contributed by atoms with E-state index in [1.807, 2.05) is 6.20 Å². The number of anilines is 1. The predicted octanol–water partition coefficient (Wildman–Crippen LogP) is 2.44. The number of hydrogen-bond donors (Lipinski definition) is 1. The zero-order chi connectivity index (χ0) is 14.1. The van der Waals surface area contributed by atoms with Crippen LogP contribution in [0.1, 0.15) is 32.8 Å². The molecular weight excluding hydrogens is 238 g/mol. The Labute approximate surface area is 117 Å². The van der Waals surface area contributed by atoms with Gasteiger partial charge in [-0.2, -0.15) is 0 Å². The van der Waals surface area contributed by atoms with E-state index >= 15 is 0 Å². The van der Waals surface area contributed by atoms with E-state index in [0.29, 0.717) is 12.6 Å². The molecule has 1 rings (SSSR count). The molecule has 0 aromatic carbocycles. The fraction of sp³-hybridized carbons (Fsp3) is 0.667. The minimum Gasteiger partial charge on any atom is -0.383 e. The average Bonchev–Trinajstić information content (AvgIpc) is 2.41. The van der Waals surface area contributed by atoms with Crippen LogP contribution >= 0.6 is 0 Å². The summed E-state index contributed by atoms with van der Waals surface area (Å²) in [6.45, 7) is 10.1. The largest absolute Gasteiger partial charge is 0.383 e. The Morgan fingerprint density at radius 2 is 2.21 bits per heavy atom. The third-order valence-corrected chi connectivity index (χ3v) is 3.14. The Bertz CT molecular complexity index is 357. The molecule has 1 aromatic heterocycles. The molecule has 0 radical (unpaired) electrons. The van der Waals surface area contributed by atoms with Crippen LogP contribution in [0.2, 0.25) is 0 Å². The molecule has 0 bridgehead atoms. The maximum absolute atomic E-state index is 5.24. The Kier molecular flexibility index (Phi) is 7.45. The Morgan fingerprint density at radius 3 is 2.84 bits per heavy atom. The summed E-state index contributed by atoms with van der Waals surface area (Å²) >= 11 is 0.